The highest BCUT2D eigenvalue weighted by Gasteiger charge is 2.46. The number of ether oxygens (including phenoxy) is 7. The Hall–Kier alpha value is -3.35. The summed E-state index contributed by atoms with van der Waals surface area (Å²) in [7, 11) is 6.10. The van der Waals surface area contributed by atoms with Crippen LogP contribution >= 0.6 is 0 Å². The van der Waals surface area contributed by atoms with Gasteiger partial charge in [-0.05, 0) is 47.9 Å². The standard InChI is InChI=1S/C27H34O11/c1-32-18-8-5-16(13-20(18)34-3)7-10-23(29)38-26-22(15-28)37-27(25(31)24(26)30)36-12-11-17-6-9-19(33-2)21(14-17)35-4/h5-10,13-14,22,24-28,30-31H,11-12,15H2,1-4H3/t22-,24+,25+,26+,27+/m1/s1. The number of esters is 1. The van der Waals surface area contributed by atoms with Crippen LogP contribution < -0.4 is 18.9 Å². The van der Waals surface area contributed by atoms with E-state index in [9.17, 15) is 20.1 Å². The summed E-state index contributed by atoms with van der Waals surface area (Å²) < 4.78 is 37.5. The molecule has 1 aliphatic heterocycles. The van der Waals surface area contributed by atoms with E-state index in [0.717, 1.165) is 11.6 Å². The second-order valence-corrected chi connectivity index (χ2v) is 8.37. The van der Waals surface area contributed by atoms with Gasteiger partial charge in [0, 0.05) is 6.08 Å². The van der Waals surface area contributed by atoms with Crippen molar-refractivity contribution in [2.45, 2.75) is 37.1 Å². The molecule has 0 spiro atoms. The molecule has 1 saturated heterocycles. The minimum absolute atomic E-state index is 0.139. The zero-order valence-electron chi connectivity index (χ0n) is 21.7. The molecule has 0 aromatic heterocycles. The molecule has 0 amide bonds. The second kappa shape index (κ2) is 14.0. The number of carbonyl (C=O) groups is 1. The van der Waals surface area contributed by atoms with Gasteiger partial charge in [-0.1, -0.05) is 12.1 Å². The first kappa shape index (κ1) is 29.2. The van der Waals surface area contributed by atoms with Gasteiger partial charge in [0.2, 0.25) is 0 Å². The van der Waals surface area contributed by atoms with Crippen LogP contribution in [-0.4, -0.2) is 93.6 Å². The van der Waals surface area contributed by atoms with Crippen LogP contribution in [0.1, 0.15) is 11.1 Å². The lowest BCUT2D eigenvalue weighted by Crippen LogP contribution is -2.60. The third kappa shape index (κ3) is 7.15. The summed E-state index contributed by atoms with van der Waals surface area (Å²) in [5, 5.41) is 31.0. The Kier molecular flexibility index (Phi) is 10.7. The highest BCUT2D eigenvalue weighted by atomic mass is 16.7. The first-order chi connectivity index (χ1) is 18.3. The molecule has 208 valence electrons. The van der Waals surface area contributed by atoms with E-state index in [4.69, 9.17) is 33.2 Å². The van der Waals surface area contributed by atoms with E-state index >= 15 is 0 Å². The molecule has 2 aromatic rings. The van der Waals surface area contributed by atoms with Crippen molar-refractivity contribution in [2.24, 2.45) is 0 Å². The molecule has 3 N–H and O–H groups in total. The quantitative estimate of drug-likeness (QED) is 0.268. The second-order valence-electron chi connectivity index (χ2n) is 8.37. The number of rotatable bonds is 12. The molecular formula is C27H34O11. The van der Waals surface area contributed by atoms with Crippen molar-refractivity contribution >= 4 is 12.0 Å². The number of methoxy groups -OCH3 is 4. The van der Waals surface area contributed by atoms with Crippen LogP contribution in [0, 0.1) is 0 Å². The summed E-state index contributed by atoms with van der Waals surface area (Å²) in [5.74, 6) is 1.39. The van der Waals surface area contributed by atoms with Crippen LogP contribution in [0.5, 0.6) is 23.0 Å². The van der Waals surface area contributed by atoms with Crippen LogP contribution in [0.4, 0.5) is 0 Å². The maximum absolute atomic E-state index is 12.4. The normalized spacial score (nSPS) is 23.2. The van der Waals surface area contributed by atoms with Crippen LogP contribution in [0.2, 0.25) is 0 Å². The molecule has 38 heavy (non-hydrogen) atoms. The van der Waals surface area contributed by atoms with Crippen molar-refractivity contribution in [3.8, 4) is 23.0 Å². The molecule has 0 bridgehead atoms. The zero-order chi connectivity index (χ0) is 27.7. The fraction of sp³-hybridized carbons (Fsp3) is 0.444. The van der Waals surface area contributed by atoms with Crippen molar-refractivity contribution in [1.29, 1.82) is 0 Å². The van der Waals surface area contributed by atoms with Crippen LogP contribution in [0.3, 0.4) is 0 Å². The number of hydrogen-bond acceptors (Lipinski definition) is 11. The molecule has 0 saturated carbocycles. The van der Waals surface area contributed by atoms with Gasteiger partial charge in [0.1, 0.15) is 18.3 Å². The number of benzene rings is 2. The van der Waals surface area contributed by atoms with Gasteiger partial charge in [-0.2, -0.15) is 0 Å². The summed E-state index contributed by atoms with van der Waals surface area (Å²) in [6, 6.07) is 10.5. The Bertz CT molecular complexity index is 1080. The monoisotopic (exact) mass is 534 g/mol. The van der Waals surface area contributed by atoms with E-state index in [1.807, 2.05) is 6.07 Å². The van der Waals surface area contributed by atoms with Gasteiger partial charge in [0.05, 0.1) is 41.7 Å². The van der Waals surface area contributed by atoms with Gasteiger partial charge < -0.3 is 48.5 Å². The fourth-order valence-electron chi connectivity index (χ4n) is 3.96. The average Bonchev–Trinajstić information content (AvgIpc) is 2.95. The third-order valence-electron chi connectivity index (χ3n) is 6.01. The number of hydrogen-bond donors (Lipinski definition) is 3. The Labute approximate surface area is 221 Å². The molecule has 11 heteroatoms. The van der Waals surface area contributed by atoms with Gasteiger partial charge in [0.15, 0.2) is 35.4 Å². The SMILES string of the molecule is COc1ccc(C=CC(=O)O[C@@H]2[C@@H](O)[C@H](O)[C@@H](OCCc3ccc(OC)c(OC)c3)O[C@@H]2CO)cc1OC. The molecule has 0 unspecified atom stereocenters. The maximum atomic E-state index is 12.4. The van der Waals surface area contributed by atoms with Crippen molar-refractivity contribution in [2.75, 3.05) is 41.7 Å². The summed E-state index contributed by atoms with van der Waals surface area (Å²) in [4.78, 5) is 12.4. The summed E-state index contributed by atoms with van der Waals surface area (Å²) in [5.41, 5.74) is 1.53. The van der Waals surface area contributed by atoms with Crippen molar-refractivity contribution in [3.05, 3.63) is 53.6 Å². The molecule has 5 atom stereocenters. The number of aliphatic hydroxyl groups excluding tert-OH is 3. The van der Waals surface area contributed by atoms with Gasteiger partial charge in [-0.25, -0.2) is 4.79 Å². The molecule has 1 fully saturated rings. The molecular weight excluding hydrogens is 500 g/mol. The topological polar surface area (TPSA) is 142 Å². The maximum Gasteiger partial charge on any atom is 0.331 e. The fourth-order valence-corrected chi connectivity index (χ4v) is 3.96. The van der Waals surface area contributed by atoms with E-state index in [2.05, 4.69) is 0 Å². The van der Waals surface area contributed by atoms with Crippen molar-refractivity contribution in [3.63, 3.8) is 0 Å². The van der Waals surface area contributed by atoms with E-state index in [-0.39, 0.29) is 6.61 Å². The minimum Gasteiger partial charge on any atom is -0.493 e. The molecule has 0 radical (unpaired) electrons. The predicted octanol–water partition coefficient (Wildman–Crippen LogP) is 1.34. The molecule has 1 aliphatic rings. The lowest BCUT2D eigenvalue weighted by Gasteiger charge is -2.41. The molecule has 3 rings (SSSR count). The van der Waals surface area contributed by atoms with E-state index in [0.29, 0.717) is 35.0 Å². The highest BCUT2D eigenvalue weighted by molar-refractivity contribution is 5.87. The first-order valence-electron chi connectivity index (χ1n) is 11.9. The molecule has 2 aromatic carbocycles. The zero-order valence-corrected chi connectivity index (χ0v) is 21.7. The Balaban J connectivity index is 1.57. The average molecular weight is 535 g/mol. The number of carbonyl (C=O) groups excluding carboxylic acids is 1. The Morgan fingerprint density at radius 3 is 2.16 bits per heavy atom. The first-order valence-corrected chi connectivity index (χ1v) is 11.9. The minimum atomic E-state index is -1.55. The van der Waals surface area contributed by atoms with Crippen LogP contribution in [-0.2, 0) is 25.4 Å². The van der Waals surface area contributed by atoms with Crippen LogP contribution in [0.25, 0.3) is 6.08 Å². The number of aliphatic hydroxyl groups is 3. The van der Waals surface area contributed by atoms with Crippen molar-refractivity contribution in [1.82, 2.24) is 0 Å². The van der Waals surface area contributed by atoms with E-state index in [1.54, 1.807) is 37.4 Å². The highest BCUT2D eigenvalue weighted by Crippen LogP contribution is 2.29. The van der Waals surface area contributed by atoms with E-state index in [1.165, 1.54) is 27.4 Å². The van der Waals surface area contributed by atoms with Gasteiger partial charge in [-0.15, -0.1) is 0 Å². The Morgan fingerprint density at radius 1 is 0.895 bits per heavy atom. The molecule has 11 nitrogen and oxygen atoms in total. The predicted molar refractivity (Wildman–Crippen MR) is 135 cm³/mol. The van der Waals surface area contributed by atoms with Gasteiger partial charge >= 0.3 is 5.97 Å². The van der Waals surface area contributed by atoms with Gasteiger partial charge in [0.25, 0.3) is 0 Å². The summed E-state index contributed by atoms with van der Waals surface area (Å²) in [6.07, 6.45) is -3.64. The smallest absolute Gasteiger partial charge is 0.331 e. The largest absolute Gasteiger partial charge is 0.493 e. The lowest BCUT2D eigenvalue weighted by atomic mass is 9.99. The Morgan fingerprint density at radius 2 is 1.53 bits per heavy atom. The lowest BCUT2D eigenvalue weighted by molar-refractivity contribution is -0.302. The summed E-state index contributed by atoms with van der Waals surface area (Å²) >= 11 is 0. The van der Waals surface area contributed by atoms with Gasteiger partial charge in [-0.3, -0.25) is 0 Å². The summed E-state index contributed by atoms with van der Waals surface area (Å²) in [6.45, 7) is -0.433. The molecule has 0 aliphatic carbocycles. The molecule has 1 heterocycles. The van der Waals surface area contributed by atoms with Crippen LogP contribution in [0.15, 0.2) is 42.5 Å². The third-order valence-corrected chi connectivity index (χ3v) is 6.01. The van der Waals surface area contributed by atoms with Crippen molar-refractivity contribution < 1.29 is 53.3 Å². The van der Waals surface area contributed by atoms with E-state index < -0.39 is 43.3 Å².